The summed E-state index contributed by atoms with van der Waals surface area (Å²) in [5.41, 5.74) is 1.02. The Morgan fingerprint density at radius 2 is 1.78 bits per heavy atom. The van der Waals surface area contributed by atoms with Crippen LogP contribution in [0, 0.1) is 5.92 Å². The van der Waals surface area contributed by atoms with Gasteiger partial charge in [0.2, 0.25) is 11.8 Å². The van der Waals surface area contributed by atoms with Gasteiger partial charge in [-0.2, -0.15) is 4.80 Å². The molecule has 3 heterocycles. The molecule has 3 aliphatic rings. The number of benzene rings is 2. The number of allylic oxidation sites excluding steroid dienone is 1. The lowest BCUT2D eigenvalue weighted by Gasteiger charge is -2.30. The van der Waals surface area contributed by atoms with E-state index < -0.39 is 53.1 Å². The van der Waals surface area contributed by atoms with Crippen molar-refractivity contribution in [2.45, 2.75) is 101 Å². The van der Waals surface area contributed by atoms with Crippen LogP contribution in [-0.4, -0.2) is 83.9 Å². The van der Waals surface area contributed by atoms with Crippen LogP contribution in [0.1, 0.15) is 83.1 Å². The molecular formula is C37H45N7O6. The quantitative estimate of drug-likeness (QED) is 0.318. The summed E-state index contributed by atoms with van der Waals surface area (Å²) in [5, 5.41) is 28.9. The molecule has 50 heavy (non-hydrogen) atoms. The lowest BCUT2D eigenvalue weighted by atomic mass is 10.0. The summed E-state index contributed by atoms with van der Waals surface area (Å²) < 4.78 is 5.47. The normalized spacial score (nSPS) is 25.8. The Bertz CT molecular complexity index is 1730. The number of fused-ring (bicyclic) bond motifs is 2. The minimum Gasteiger partial charge on any atom is -0.479 e. The molecule has 0 spiro atoms. The molecule has 2 fully saturated rings. The van der Waals surface area contributed by atoms with E-state index in [0.717, 1.165) is 36.0 Å². The van der Waals surface area contributed by atoms with E-state index in [2.05, 4.69) is 38.2 Å². The van der Waals surface area contributed by atoms with Crippen LogP contribution in [0.15, 0.2) is 66.7 Å². The van der Waals surface area contributed by atoms with Crippen molar-refractivity contribution >= 4 is 23.9 Å². The smallest absolute Gasteiger partial charge is 0.408 e. The van der Waals surface area contributed by atoms with Gasteiger partial charge in [-0.1, -0.05) is 79.6 Å². The van der Waals surface area contributed by atoms with E-state index in [9.17, 15) is 24.3 Å². The van der Waals surface area contributed by atoms with E-state index in [4.69, 9.17) is 4.74 Å². The average Bonchev–Trinajstić information content (AvgIpc) is 3.36. The van der Waals surface area contributed by atoms with Crippen LogP contribution in [0.25, 0.3) is 11.1 Å². The van der Waals surface area contributed by atoms with Crippen molar-refractivity contribution in [2.24, 2.45) is 5.92 Å². The van der Waals surface area contributed by atoms with Gasteiger partial charge in [0.15, 0.2) is 5.82 Å². The minimum atomic E-state index is -1.43. The second-order valence-electron chi connectivity index (χ2n) is 14.5. The van der Waals surface area contributed by atoms with Gasteiger partial charge in [-0.3, -0.25) is 9.59 Å². The number of aliphatic carboxylic acids is 1. The van der Waals surface area contributed by atoms with Crippen molar-refractivity contribution < 1.29 is 29.0 Å². The Kier molecular flexibility index (Phi) is 10.0. The summed E-state index contributed by atoms with van der Waals surface area (Å²) in [6.45, 7) is 5.31. The number of nitrogens with one attached hydrogen (secondary N) is 2. The highest BCUT2D eigenvalue weighted by molar-refractivity contribution is 5.96. The highest BCUT2D eigenvalue weighted by Crippen LogP contribution is 2.45. The van der Waals surface area contributed by atoms with E-state index in [-0.39, 0.29) is 25.3 Å². The fraction of sp³-hybridized carbons (Fsp3) is 0.486. The van der Waals surface area contributed by atoms with Gasteiger partial charge in [-0.25, -0.2) is 9.59 Å². The van der Waals surface area contributed by atoms with E-state index in [1.54, 1.807) is 20.8 Å². The molecular weight excluding hydrogens is 638 g/mol. The second kappa shape index (κ2) is 14.4. The predicted molar refractivity (Wildman–Crippen MR) is 184 cm³/mol. The van der Waals surface area contributed by atoms with Crippen LogP contribution in [-0.2, 0) is 25.5 Å². The molecule has 1 saturated carbocycles. The molecule has 5 atom stereocenters. The summed E-state index contributed by atoms with van der Waals surface area (Å²) in [4.78, 5) is 56.3. The van der Waals surface area contributed by atoms with Crippen LogP contribution in [0.3, 0.4) is 0 Å². The van der Waals surface area contributed by atoms with Crippen LogP contribution in [0.4, 0.5) is 4.79 Å². The number of aromatic nitrogens is 4. The second-order valence-corrected chi connectivity index (χ2v) is 14.5. The predicted octanol–water partition coefficient (Wildman–Crippen LogP) is 4.45. The zero-order valence-electron chi connectivity index (χ0n) is 28.7. The van der Waals surface area contributed by atoms with Crippen LogP contribution >= 0.6 is 0 Å². The lowest BCUT2D eigenvalue weighted by molar-refractivity contribution is -0.145. The molecule has 2 aromatic carbocycles. The first-order chi connectivity index (χ1) is 23.9. The summed E-state index contributed by atoms with van der Waals surface area (Å²) in [6, 6.07) is 15.8. The zero-order chi connectivity index (χ0) is 35.5. The van der Waals surface area contributed by atoms with E-state index in [1.165, 1.54) is 9.70 Å². The van der Waals surface area contributed by atoms with Gasteiger partial charge in [-0.05, 0) is 68.4 Å². The number of amides is 3. The number of alkyl carbamates (subject to hydrolysis) is 1. The van der Waals surface area contributed by atoms with Crippen molar-refractivity contribution in [2.75, 3.05) is 6.54 Å². The third-order valence-electron chi connectivity index (χ3n) is 9.55. The molecule has 264 valence electrons. The third kappa shape index (κ3) is 8.03. The maximum atomic E-state index is 14.3. The van der Waals surface area contributed by atoms with Gasteiger partial charge in [0, 0.05) is 25.3 Å². The Morgan fingerprint density at radius 1 is 1.04 bits per heavy atom. The molecule has 6 rings (SSSR count). The standard InChI is InChI=1S/C37H45N7O6/c1-36(2,3)50-35(49)38-29-15-11-6-4-5-10-14-27-22-37(27,34(47)48)39-32(45)30-21-28(23-43(30)33(29)46)44-41-31(40-42-44)20-24-16-18-26(19-17-24)25-12-8-7-9-13-25/h7-10,12-14,16-19,27-30H,4-6,11,15,20-23H2,1-3H3,(H,38,49)(H,39,45)(H,47,48)/t27-,28-,29+,30+,37-/m1/s1. The molecule has 13 heteroatoms. The van der Waals surface area contributed by atoms with Crippen LogP contribution in [0.2, 0.25) is 0 Å². The Labute approximate surface area is 291 Å². The van der Waals surface area contributed by atoms with Gasteiger partial charge < -0.3 is 25.4 Å². The van der Waals surface area contributed by atoms with Crippen molar-refractivity contribution in [3.63, 3.8) is 0 Å². The summed E-state index contributed by atoms with van der Waals surface area (Å²) in [6.07, 6.45) is 7.39. The first kappa shape index (κ1) is 34.8. The average molecular weight is 684 g/mol. The lowest BCUT2D eigenvalue weighted by Crippen LogP contribution is -2.56. The molecule has 1 saturated heterocycles. The summed E-state index contributed by atoms with van der Waals surface area (Å²) >= 11 is 0. The number of ether oxygens (including phenoxy) is 1. The highest BCUT2D eigenvalue weighted by Gasteiger charge is 2.61. The van der Waals surface area contributed by atoms with E-state index in [1.807, 2.05) is 54.6 Å². The van der Waals surface area contributed by atoms with Crippen molar-refractivity contribution in [3.8, 4) is 11.1 Å². The first-order valence-electron chi connectivity index (χ1n) is 17.4. The molecule has 0 unspecified atom stereocenters. The van der Waals surface area contributed by atoms with Crippen molar-refractivity contribution in [1.29, 1.82) is 0 Å². The topological polar surface area (TPSA) is 169 Å². The number of tetrazole rings is 1. The van der Waals surface area contributed by atoms with Gasteiger partial charge in [-0.15, -0.1) is 10.2 Å². The molecule has 0 radical (unpaired) electrons. The number of carboxylic acids is 1. The first-order valence-corrected chi connectivity index (χ1v) is 17.4. The van der Waals surface area contributed by atoms with Gasteiger partial charge in [0.05, 0.1) is 6.04 Å². The van der Waals surface area contributed by atoms with Crippen molar-refractivity contribution in [1.82, 2.24) is 35.7 Å². The number of hydrogen-bond acceptors (Lipinski definition) is 8. The number of carbonyl (C=O) groups excluding carboxylic acids is 3. The van der Waals surface area contributed by atoms with Crippen LogP contribution in [0.5, 0.6) is 0 Å². The fourth-order valence-corrected chi connectivity index (χ4v) is 6.80. The molecule has 3 N–H and O–H groups in total. The number of nitrogens with zero attached hydrogens (tertiary/aromatic N) is 5. The molecule has 1 aliphatic carbocycles. The number of rotatable bonds is 6. The Hall–Kier alpha value is -5.07. The molecule has 2 aliphatic heterocycles. The van der Waals surface area contributed by atoms with Gasteiger partial charge >= 0.3 is 12.1 Å². The summed E-state index contributed by atoms with van der Waals surface area (Å²) in [7, 11) is 0. The van der Waals surface area contributed by atoms with Crippen molar-refractivity contribution in [3.05, 3.63) is 78.1 Å². The molecule has 0 bridgehead atoms. The summed E-state index contributed by atoms with van der Waals surface area (Å²) in [5.74, 6) is -1.97. The largest absolute Gasteiger partial charge is 0.479 e. The molecule has 1 aromatic heterocycles. The van der Waals surface area contributed by atoms with Gasteiger partial charge in [0.25, 0.3) is 0 Å². The maximum absolute atomic E-state index is 14.3. The van der Waals surface area contributed by atoms with E-state index >= 15 is 0 Å². The SMILES string of the molecule is CC(C)(C)OC(=O)N[C@H]1CCCCCC=C[C@@H]2C[C@@]2(C(=O)O)NC(=O)[C@@H]2C[C@@H](n3nnc(Cc4ccc(-c5ccccc5)cc4)n3)CN2C1=O. The molecule has 13 nitrogen and oxygen atoms in total. The Morgan fingerprint density at radius 3 is 2.50 bits per heavy atom. The zero-order valence-corrected chi connectivity index (χ0v) is 28.7. The third-order valence-corrected chi connectivity index (χ3v) is 9.55. The minimum absolute atomic E-state index is 0.0778. The van der Waals surface area contributed by atoms with Gasteiger partial charge in [0.1, 0.15) is 23.2 Å². The maximum Gasteiger partial charge on any atom is 0.408 e. The number of hydrogen-bond donors (Lipinski definition) is 3. The fourth-order valence-electron chi connectivity index (χ4n) is 6.80. The molecule has 3 aromatic rings. The van der Waals surface area contributed by atoms with E-state index in [0.29, 0.717) is 25.1 Å². The number of carbonyl (C=O) groups is 4. The van der Waals surface area contributed by atoms with Crippen LogP contribution < -0.4 is 10.6 Å². The highest BCUT2D eigenvalue weighted by atomic mass is 16.6. The Balaban J connectivity index is 1.23. The molecule has 3 amide bonds. The monoisotopic (exact) mass is 683 g/mol. The number of carboxylic acid groups (broad SMARTS) is 1.